The number of nitrogens with zero attached hydrogens (tertiary/aromatic N) is 1. The maximum Gasteiger partial charge on any atom is 0.328 e. The van der Waals surface area contributed by atoms with Gasteiger partial charge in [0.25, 0.3) is 11.6 Å². The minimum absolute atomic E-state index is 0.114. The van der Waals surface area contributed by atoms with Gasteiger partial charge in [-0.1, -0.05) is 18.2 Å². The van der Waals surface area contributed by atoms with E-state index in [1.54, 1.807) is 13.1 Å². The third-order valence-corrected chi connectivity index (χ3v) is 4.32. The van der Waals surface area contributed by atoms with E-state index in [-0.39, 0.29) is 24.3 Å². The van der Waals surface area contributed by atoms with Crippen molar-refractivity contribution in [2.45, 2.75) is 19.4 Å². The molecule has 1 amide bonds. The monoisotopic (exact) mass is 381 g/mol. The molecule has 0 aliphatic heterocycles. The molecule has 0 unspecified atom stereocenters. The second-order valence-electron chi connectivity index (χ2n) is 6.15. The van der Waals surface area contributed by atoms with E-state index < -0.39 is 22.8 Å². The van der Waals surface area contributed by atoms with Gasteiger partial charge in [0.2, 0.25) is 0 Å². The highest BCUT2D eigenvalue weighted by Crippen LogP contribution is 2.20. The van der Waals surface area contributed by atoms with Crippen LogP contribution < -0.4 is 5.32 Å². The first-order valence-corrected chi connectivity index (χ1v) is 8.76. The number of carbonyl (C=O) groups excluding carboxylic acids is 2. The molecule has 2 aromatic carbocycles. The fourth-order valence-corrected chi connectivity index (χ4v) is 2.93. The van der Waals surface area contributed by atoms with Crippen LogP contribution in [0.3, 0.4) is 0 Å². The number of rotatable bonds is 7. The van der Waals surface area contributed by atoms with Crippen molar-refractivity contribution in [1.82, 2.24) is 10.3 Å². The van der Waals surface area contributed by atoms with Crippen molar-refractivity contribution in [3.63, 3.8) is 0 Å². The number of hydrogen-bond donors (Lipinski definition) is 2. The van der Waals surface area contributed by atoms with Gasteiger partial charge in [0.05, 0.1) is 11.5 Å². The molecule has 1 atom stereocenters. The molecule has 0 saturated heterocycles. The summed E-state index contributed by atoms with van der Waals surface area (Å²) in [6.07, 6.45) is 2.05. The number of benzene rings is 2. The summed E-state index contributed by atoms with van der Waals surface area (Å²) >= 11 is 0. The zero-order valence-corrected chi connectivity index (χ0v) is 15.2. The maximum atomic E-state index is 12.5. The largest absolute Gasteiger partial charge is 0.464 e. The number of aromatic amines is 1. The summed E-state index contributed by atoms with van der Waals surface area (Å²) in [6.45, 7) is 1.88. The summed E-state index contributed by atoms with van der Waals surface area (Å²) in [6, 6.07) is 12.0. The van der Waals surface area contributed by atoms with Gasteiger partial charge in [-0.25, -0.2) is 4.79 Å². The molecule has 1 heterocycles. The fourth-order valence-electron chi connectivity index (χ4n) is 2.93. The summed E-state index contributed by atoms with van der Waals surface area (Å²) in [5.41, 5.74) is 1.91. The number of esters is 1. The first kappa shape index (κ1) is 19.1. The van der Waals surface area contributed by atoms with Gasteiger partial charge < -0.3 is 15.0 Å². The quantitative estimate of drug-likeness (QED) is 0.371. The van der Waals surface area contributed by atoms with Crippen molar-refractivity contribution in [1.29, 1.82) is 0 Å². The van der Waals surface area contributed by atoms with Crippen molar-refractivity contribution >= 4 is 28.5 Å². The Labute approximate surface area is 160 Å². The Morgan fingerprint density at radius 2 is 1.89 bits per heavy atom. The van der Waals surface area contributed by atoms with Gasteiger partial charge in [0, 0.05) is 41.2 Å². The summed E-state index contributed by atoms with van der Waals surface area (Å²) in [4.78, 5) is 38.3. The third-order valence-electron chi connectivity index (χ3n) is 4.32. The normalized spacial score (nSPS) is 11.8. The number of nitro groups is 1. The molecule has 0 aliphatic rings. The van der Waals surface area contributed by atoms with Gasteiger partial charge in [-0.2, -0.15) is 0 Å². The van der Waals surface area contributed by atoms with Crippen LogP contribution in [0.2, 0.25) is 0 Å². The first-order chi connectivity index (χ1) is 13.5. The SMILES string of the molecule is CCOC(=O)[C@H](Cc1c[nH]c2ccccc12)NC(=O)c1ccc([N+](=O)[O-])cc1. The smallest absolute Gasteiger partial charge is 0.328 e. The lowest BCUT2D eigenvalue weighted by atomic mass is 10.0. The van der Waals surface area contributed by atoms with Gasteiger partial charge >= 0.3 is 5.97 Å². The molecule has 2 N–H and O–H groups in total. The summed E-state index contributed by atoms with van der Waals surface area (Å²) in [7, 11) is 0. The van der Waals surface area contributed by atoms with Crippen LogP contribution in [0.5, 0.6) is 0 Å². The van der Waals surface area contributed by atoms with Gasteiger partial charge in [-0.05, 0) is 30.7 Å². The van der Waals surface area contributed by atoms with Gasteiger partial charge in [-0.3, -0.25) is 14.9 Å². The molecular formula is C20H19N3O5. The van der Waals surface area contributed by atoms with Gasteiger partial charge in [0.1, 0.15) is 6.04 Å². The Morgan fingerprint density at radius 3 is 2.57 bits per heavy atom. The number of amides is 1. The van der Waals surface area contributed by atoms with Crippen LogP contribution in [-0.2, 0) is 16.0 Å². The molecule has 3 aromatic rings. The highest BCUT2D eigenvalue weighted by Gasteiger charge is 2.24. The Morgan fingerprint density at radius 1 is 1.18 bits per heavy atom. The number of non-ortho nitro benzene ring substituents is 1. The Bertz CT molecular complexity index is 1010. The topological polar surface area (TPSA) is 114 Å². The van der Waals surface area contributed by atoms with E-state index in [9.17, 15) is 19.7 Å². The van der Waals surface area contributed by atoms with E-state index in [1.165, 1.54) is 24.3 Å². The molecular weight excluding hydrogens is 362 g/mol. The van der Waals surface area contributed by atoms with Gasteiger partial charge in [-0.15, -0.1) is 0 Å². The molecule has 8 heteroatoms. The molecule has 3 rings (SSSR count). The van der Waals surface area contributed by atoms with Crippen molar-refractivity contribution in [2.24, 2.45) is 0 Å². The molecule has 1 aromatic heterocycles. The fraction of sp³-hybridized carbons (Fsp3) is 0.200. The second kappa shape index (κ2) is 8.34. The molecule has 0 fully saturated rings. The molecule has 144 valence electrons. The summed E-state index contributed by atoms with van der Waals surface area (Å²) in [5, 5.41) is 14.4. The third kappa shape index (κ3) is 4.17. The Hall–Kier alpha value is -3.68. The number of fused-ring (bicyclic) bond motifs is 1. The van der Waals surface area contributed by atoms with Crippen molar-refractivity contribution in [2.75, 3.05) is 6.61 Å². The lowest BCUT2D eigenvalue weighted by Gasteiger charge is -2.17. The zero-order valence-electron chi connectivity index (χ0n) is 15.2. The maximum absolute atomic E-state index is 12.5. The number of ether oxygens (including phenoxy) is 1. The standard InChI is InChI=1S/C20H19N3O5/c1-2-28-20(25)18(11-14-12-21-17-6-4-3-5-16(14)17)22-19(24)13-7-9-15(10-8-13)23(26)27/h3-10,12,18,21H,2,11H2,1H3,(H,22,24)/t18-/m0/s1. The van der Waals surface area contributed by atoms with Crippen molar-refractivity contribution < 1.29 is 19.2 Å². The molecule has 8 nitrogen and oxygen atoms in total. The van der Waals surface area contributed by atoms with Crippen LogP contribution in [-0.4, -0.2) is 34.4 Å². The highest BCUT2D eigenvalue weighted by molar-refractivity contribution is 5.97. The van der Waals surface area contributed by atoms with E-state index in [0.717, 1.165) is 16.5 Å². The van der Waals surface area contributed by atoms with E-state index >= 15 is 0 Å². The van der Waals surface area contributed by atoms with Crippen LogP contribution >= 0.6 is 0 Å². The Kier molecular flexibility index (Phi) is 5.69. The number of aromatic nitrogens is 1. The van der Waals surface area contributed by atoms with Crippen LogP contribution in [0.4, 0.5) is 5.69 Å². The number of nitrogens with one attached hydrogen (secondary N) is 2. The number of nitro benzene ring substituents is 1. The minimum Gasteiger partial charge on any atom is -0.464 e. The van der Waals surface area contributed by atoms with E-state index in [1.807, 2.05) is 24.3 Å². The highest BCUT2D eigenvalue weighted by atomic mass is 16.6. The molecule has 0 bridgehead atoms. The van der Waals surface area contributed by atoms with Crippen molar-refractivity contribution in [3.8, 4) is 0 Å². The number of carbonyl (C=O) groups is 2. The van der Waals surface area contributed by atoms with Crippen LogP contribution in [0.15, 0.2) is 54.7 Å². The van der Waals surface area contributed by atoms with E-state index in [2.05, 4.69) is 10.3 Å². The predicted octanol–water partition coefficient (Wildman–Crippen LogP) is 2.98. The molecule has 0 radical (unpaired) electrons. The second-order valence-corrected chi connectivity index (χ2v) is 6.15. The lowest BCUT2D eigenvalue weighted by molar-refractivity contribution is -0.384. The number of hydrogen-bond acceptors (Lipinski definition) is 5. The predicted molar refractivity (Wildman–Crippen MR) is 103 cm³/mol. The first-order valence-electron chi connectivity index (χ1n) is 8.76. The lowest BCUT2D eigenvalue weighted by Crippen LogP contribution is -2.43. The summed E-state index contributed by atoms with van der Waals surface area (Å²) < 4.78 is 5.10. The van der Waals surface area contributed by atoms with Crippen LogP contribution in [0.1, 0.15) is 22.8 Å². The average molecular weight is 381 g/mol. The van der Waals surface area contributed by atoms with Crippen LogP contribution in [0, 0.1) is 10.1 Å². The molecule has 0 spiro atoms. The molecule has 0 aliphatic carbocycles. The van der Waals surface area contributed by atoms with Crippen LogP contribution in [0.25, 0.3) is 10.9 Å². The van der Waals surface area contributed by atoms with Crippen molar-refractivity contribution in [3.05, 3.63) is 76.0 Å². The van der Waals surface area contributed by atoms with E-state index in [4.69, 9.17) is 4.74 Å². The zero-order chi connectivity index (χ0) is 20.1. The van der Waals surface area contributed by atoms with E-state index in [0.29, 0.717) is 0 Å². The number of para-hydroxylation sites is 1. The van der Waals surface area contributed by atoms with Gasteiger partial charge in [0.15, 0.2) is 0 Å². The Balaban J connectivity index is 1.80. The average Bonchev–Trinajstić information content (AvgIpc) is 3.10. The minimum atomic E-state index is -0.887. The molecule has 28 heavy (non-hydrogen) atoms. The molecule has 0 saturated carbocycles. The number of H-pyrrole nitrogens is 1. The summed E-state index contributed by atoms with van der Waals surface area (Å²) in [5.74, 6) is -1.05.